The van der Waals surface area contributed by atoms with Gasteiger partial charge in [-0.15, -0.1) is 0 Å². The van der Waals surface area contributed by atoms with Crippen molar-refractivity contribution in [3.63, 3.8) is 0 Å². The van der Waals surface area contributed by atoms with Crippen molar-refractivity contribution in [2.75, 3.05) is 0 Å². The van der Waals surface area contributed by atoms with Crippen LogP contribution >= 0.6 is 0 Å². The summed E-state index contributed by atoms with van der Waals surface area (Å²) in [4.78, 5) is 11.6. The van der Waals surface area contributed by atoms with Gasteiger partial charge in [0.25, 0.3) is 0 Å². The molecule has 4 N–H and O–H groups in total. The van der Waals surface area contributed by atoms with Crippen LogP contribution in [0.1, 0.15) is 0 Å². The monoisotopic (exact) mass is 222 g/mol. The molecule has 16 heavy (non-hydrogen) atoms. The van der Waals surface area contributed by atoms with Crippen LogP contribution < -0.4 is 15.9 Å². The predicted molar refractivity (Wildman–Crippen MR) is 56.1 cm³/mol. The molecule has 84 valence electrons. The maximum atomic E-state index is 11.6. The second-order valence-electron chi connectivity index (χ2n) is 3.56. The Kier molecular flexibility index (Phi) is 2.41. The molecule has 0 aromatic heterocycles. The van der Waals surface area contributed by atoms with E-state index in [1.165, 1.54) is 24.3 Å². The Morgan fingerprint density at radius 3 is 2.50 bits per heavy atom. The Bertz CT molecular complexity index is 605. The molecule has 1 aromatic carbocycles. The molecule has 0 spiro atoms. The molecule has 0 heterocycles. The van der Waals surface area contributed by atoms with E-state index in [9.17, 15) is 25.2 Å². The number of aliphatic hydroxyl groups excluding tert-OH is 3. The van der Waals surface area contributed by atoms with Crippen molar-refractivity contribution in [3.8, 4) is 5.75 Å². The third-order valence-corrected chi connectivity index (χ3v) is 2.49. The molecule has 0 bridgehead atoms. The van der Waals surface area contributed by atoms with Crippen molar-refractivity contribution >= 4 is 11.8 Å². The average molecular weight is 222 g/mol. The van der Waals surface area contributed by atoms with Crippen LogP contribution in [0.3, 0.4) is 0 Å². The summed E-state index contributed by atoms with van der Waals surface area (Å²) in [7, 11) is 0. The minimum absolute atomic E-state index is 0.180. The highest BCUT2D eigenvalue weighted by Crippen LogP contribution is 2.06. The highest BCUT2D eigenvalue weighted by Gasteiger charge is 2.23. The van der Waals surface area contributed by atoms with Gasteiger partial charge in [0.2, 0.25) is 5.43 Å². The SMILES string of the molecule is O=c1c(O)cccc2c1=C(O)C(O)C(O)C=2. The molecule has 0 saturated carbocycles. The summed E-state index contributed by atoms with van der Waals surface area (Å²) in [6.45, 7) is 0. The number of aromatic hydroxyl groups is 1. The third-order valence-electron chi connectivity index (χ3n) is 2.49. The van der Waals surface area contributed by atoms with Gasteiger partial charge in [0.05, 0.1) is 5.22 Å². The van der Waals surface area contributed by atoms with Crippen LogP contribution in [0.2, 0.25) is 0 Å². The highest BCUT2D eigenvalue weighted by molar-refractivity contribution is 5.52. The van der Waals surface area contributed by atoms with Gasteiger partial charge in [0.1, 0.15) is 18.0 Å². The first kappa shape index (κ1) is 10.7. The Hall–Kier alpha value is -1.85. The lowest BCUT2D eigenvalue weighted by atomic mass is 10.0. The molecule has 2 atom stereocenters. The molecule has 0 radical (unpaired) electrons. The van der Waals surface area contributed by atoms with Gasteiger partial charge in [0.15, 0.2) is 5.75 Å². The number of fused-ring (bicyclic) bond motifs is 1. The standard InChI is InChI=1S/C11H10O5/c12-6-3-1-2-5-4-7(13)10(15)11(16)8(5)9(6)14/h1-4,7,10,12-13,15-16H. The number of hydrogen-bond acceptors (Lipinski definition) is 5. The van der Waals surface area contributed by atoms with Gasteiger partial charge in [-0.1, -0.05) is 12.1 Å². The minimum atomic E-state index is -1.54. The lowest BCUT2D eigenvalue weighted by Crippen LogP contribution is -2.47. The second-order valence-corrected chi connectivity index (χ2v) is 3.56. The van der Waals surface area contributed by atoms with Crippen molar-refractivity contribution in [2.24, 2.45) is 0 Å². The van der Waals surface area contributed by atoms with Crippen molar-refractivity contribution < 1.29 is 20.4 Å². The van der Waals surface area contributed by atoms with Gasteiger partial charge in [-0.05, 0) is 17.4 Å². The van der Waals surface area contributed by atoms with Crippen molar-refractivity contribution in [1.29, 1.82) is 0 Å². The van der Waals surface area contributed by atoms with Crippen molar-refractivity contribution in [3.05, 3.63) is 38.9 Å². The molecule has 0 aliphatic heterocycles. The maximum Gasteiger partial charge on any atom is 0.231 e. The van der Waals surface area contributed by atoms with Gasteiger partial charge >= 0.3 is 0 Å². The lowest BCUT2D eigenvalue weighted by molar-refractivity contribution is 0.0770. The van der Waals surface area contributed by atoms with Crippen LogP contribution in [0.5, 0.6) is 5.75 Å². The summed E-state index contributed by atoms with van der Waals surface area (Å²) in [5.41, 5.74) is -0.778. The van der Waals surface area contributed by atoms with E-state index < -0.39 is 29.1 Å². The topological polar surface area (TPSA) is 98.0 Å². The van der Waals surface area contributed by atoms with Gasteiger partial charge in [0, 0.05) is 0 Å². The summed E-state index contributed by atoms with van der Waals surface area (Å²) >= 11 is 0. The fourth-order valence-corrected chi connectivity index (χ4v) is 1.65. The van der Waals surface area contributed by atoms with Crippen LogP contribution in [0.25, 0.3) is 11.8 Å². The zero-order valence-corrected chi connectivity index (χ0v) is 8.16. The fraction of sp³-hybridized carbons (Fsp3) is 0.182. The van der Waals surface area contributed by atoms with E-state index in [4.69, 9.17) is 0 Å². The van der Waals surface area contributed by atoms with E-state index in [0.29, 0.717) is 0 Å². The quantitative estimate of drug-likeness (QED) is 0.404. The molecule has 5 heteroatoms. The molecular weight excluding hydrogens is 212 g/mol. The zero-order valence-electron chi connectivity index (χ0n) is 8.16. The molecule has 1 aliphatic carbocycles. The first-order valence-electron chi connectivity index (χ1n) is 4.66. The van der Waals surface area contributed by atoms with Crippen LogP contribution in [-0.4, -0.2) is 32.6 Å². The van der Waals surface area contributed by atoms with Gasteiger partial charge in [-0.3, -0.25) is 4.79 Å². The van der Waals surface area contributed by atoms with E-state index in [0.717, 1.165) is 0 Å². The maximum absolute atomic E-state index is 11.6. The fourth-order valence-electron chi connectivity index (χ4n) is 1.65. The lowest BCUT2D eigenvalue weighted by Gasteiger charge is -2.16. The van der Waals surface area contributed by atoms with E-state index in [2.05, 4.69) is 0 Å². The normalized spacial score (nSPS) is 23.5. The van der Waals surface area contributed by atoms with Gasteiger partial charge in [-0.25, -0.2) is 0 Å². The summed E-state index contributed by atoms with van der Waals surface area (Å²) in [5, 5.41) is 37.8. The van der Waals surface area contributed by atoms with Crippen LogP contribution in [0.4, 0.5) is 0 Å². The van der Waals surface area contributed by atoms with Crippen molar-refractivity contribution in [1.82, 2.24) is 0 Å². The predicted octanol–water partition coefficient (Wildman–Crippen LogP) is -2.07. The number of rotatable bonds is 0. The molecule has 5 nitrogen and oxygen atoms in total. The Balaban J connectivity index is 3.06. The number of aliphatic hydroxyl groups is 3. The summed E-state index contributed by atoms with van der Waals surface area (Å²) in [6, 6.07) is 4.06. The van der Waals surface area contributed by atoms with Gasteiger partial charge < -0.3 is 20.4 Å². The zero-order chi connectivity index (χ0) is 11.9. The average Bonchev–Trinajstić information content (AvgIpc) is 2.37. The Morgan fingerprint density at radius 2 is 1.81 bits per heavy atom. The largest absolute Gasteiger partial charge is 0.509 e. The summed E-state index contributed by atoms with van der Waals surface area (Å²) < 4.78 is 0. The van der Waals surface area contributed by atoms with E-state index >= 15 is 0 Å². The Morgan fingerprint density at radius 1 is 1.12 bits per heavy atom. The van der Waals surface area contributed by atoms with Crippen LogP contribution in [0, 0.1) is 0 Å². The van der Waals surface area contributed by atoms with E-state index in [-0.39, 0.29) is 10.4 Å². The van der Waals surface area contributed by atoms with Crippen LogP contribution in [0.15, 0.2) is 23.0 Å². The van der Waals surface area contributed by atoms with Gasteiger partial charge in [-0.2, -0.15) is 0 Å². The summed E-state index contributed by atoms with van der Waals surface area (Å²) in [5.74, 6) is -1.15. The second kappa shape index (κ2) is 3.62. The highest BCUT2D eigenvalue weighted by atomic mass is 16.4. The molecule has 0 amide bonds. The molecule has 0 saturated heterocycles. The summed E-state index contributed by atoms with van der Waals surface area (Å²) in [6.07, 6.45) is -1.56. The molecule has 2 unspecified atom stereocenters. The molecule has 1 aliphatic rings. The minimum Gasteiger partial charge on any atom is -0.509 e. The molecule has 1 aromatic rings. The van der Waals surface area contributed by atoms with E-state index in [1.807, 2.05) is 0 Å². The van der Waals surface area contributed by atoms with Crippen LogP contribution in [-0.2, 0) is 0 Å². The van der Waals surface area contributed by atoms with E-state index in [1.54, 1.807) is 0 Å². The Labute approximate surface area is 89.9 Å². The molecule has 0 fully saturated rings. The third kappa shape index (κ3) is 1.46. The molecular formula is C11H10O5. The van der Waals surface area contributed by atoms with Crippen molar-refractivity contribution in [2.45, 2.75) is 12.2 Å². The smallest absolute Gasteiger partial charge is 0.231 e. The number of hydrogen-bond donors (Lipinski definition) is 4. The first-order valence-corrected chi connectivity index (χ1v) is 4.66. The first-order chi connectivity index (χ1) is 7.52. The molecule has 2 rings (SSSR count).